The van der Waals surface area contributed by atoms with Gasteiger partial charge in [-0.3, -0.25) is 4.79 Å². The van der Waals surface area contributed by atoms with Gasteiger partial charge >= 0.3 is 12.1 Å². The van der Waals surface area contributed by atoms with E-state index in [4.69, 9.17) is 0 Å². The van der Waals surface area contributed by atoms with Crippen molar-refractivity contribution in [3.63, 3.8) is 0 Å². The van der Waals surface area contributed by atoms with Crippen molar-refractivity contribution in [3.05, 3.63) is 83.4 Å². The molecule has 8 heteroatoms. The molecule has 0 aliphatic carbocycles. The average molecular weight is 417 g/mol. The third-order valence-corrected chi connectivity index (χ3v) is 4.67. The van der Waals surface area contributed by atoms with E-state index < -0.39 is 35.8 Å². The van der Waals surface area contributed by atoms with Crippen LogP contribution in [-0.4, -0.2) is 28.1 Å². The molecule has 0 aliphatic heterocycles. The maximum absolute atomic E-state index is 12.6. The second-order valence-corrected chi connectivity index (χ2v) is 6.81. The summed E-state index contributed by atoms with van der Waals surface area (Å²) in [6, 6.07) is 15.0. The largest absolute Gasteiger partial charge is 0.480 e. The maximum Gasteiger partial charge on any atom is 0.416 e. The lowest BCUT2D eigenvalue weighted by atomic mass is 10.0. The van der Waals surface area contributed by atoms with Crippen LogP contribution in [0.2, 0.25) is 0 Å². The van der Waals surface area contributed by atoms with Crippen LogP contribution in [-0.2, 0) is 22.2 Å². The number of benzene rings is 3. The first kappa shape index (κ1) is 21.3. The van der Waals surface area contributed by atoms with E-state index in [-0.39, 0.29) is 12.0 Å². The van der Waals surface area contributed by atoms with Gasteiger partial charge in [-0.2, -0.15) is 13.2 Å². The highest BCUT2D eigenvalue weighted by Crippen LogP contribution is 2.30. The molecule has 0 aromatic heterocycles. The van der Waals surface area contributed by atoms with E-state index in [1.807, 2.05) is 36.4 Å². The third kappa shape index (κ3) is 4.96. The molecule has 3 aromatic rings. The monoisotopic (exact) mass is 417 g/mol. The number of aliphatic hydroxyl groups is 1. The topological polar surface area (TPSA) is 86.6 Å². The first-order chi connectivity index (χ1) is 14.1. The highest BCUT2D eigenvalue weighted by molar-refractivity contribution is 5.87. The fourth-order valence-electron chi connectivity index (χ4n) is 3.06. The number of carboxylic acids is 1. The molecule has 1 amide bonds. The van der Waals surface area contributed by atoms with Crippen molar-refractivity contribution in [2.45, 2.75) is 24.7 Å². The number of carbonyl (C=O) groups is 2. The molecule has 0 aliphatic rings. The molecule has 3 rings (SSSR count). The van der Waals surface area contributed by atoms with Crippen molar-refractivity contribution in [1.29, 1.82) is 0 Å². The molecule has 30 heavy (non-hydrogen) atoms. The number of fused-ring (bicyclic) bond motifs is 1. The van der Waals surface area contributed by atoms with Gasteiger partial charge in [0.15, 0.2) is 6.10 Å². The Labute approximate surface area is 169 Å². The first-order valence-corrected chi connectivity index (χ1v) is 9.01. The summed E-state index contributed by atoms with van der Waals surface area (Å²) in [5.41, 5.74) is -0.320. The number of halogens is 3. The van der Waals surface area contributed by atoms with Crippen molar-refractivity contribution in [2.24, 2.45) is 0 Å². The summed E-state index contributed by atoms with van der Waals surface area (Å²) >= 11 is 0. The number of carbonyl (C=O) groups excluding carboxylic acids is 1. The Kier molecular flexibility index (Phi) is 6.07. The highest BCUT2D eigenvalue weighted by atomic mass is 19.4. The van der Waals surface area contributed by atoms with Crippen molar-refractivity contribution in [2.75, 3.05) is 0 Å². The minimum absolute atomic E-state index is 0.0222. The number of aliphatic hydroxyl groups excluding tert-OH is 1. The van der Waals surface area contributed by atoms with E-state index in [0.29, 0.717) is 5.56 Å². The van der Waals surface area contributed by atoms with Gasteiger partial charge < -0.3 is 15.5 Å². The van der Waals surface area contributed by atoms with Gasteiger partial charge in [-0.05, 0) is 34.0 Å². The van der Waals surface area contributed by atoms with Crippen LogP contribution in [0.5, 0.6) is 0 Å². The summed E-state index contributed by atoms with van der Waals surface area (Å²) in [6.45, 7) is 0. The Morgan fingerprint density at radius 2 is 1.57 bits per heavy atom. The molecule has 3 N–H and O–H groups in total. The second kappa shape index (κ2) is 8.54. The Morgan fingerprint density at radius 3 is 2.17 bits per heavy atom. The number of carboxylic acid groups (broad SMARTS) is 1. The molecule has 3 aromatic carbocycles. The number of rotatable bonds is 6. The Balaban J connectivity index is 1.72. The zero-order valence-corrected chi connectivity index (χ0v) is 15.6. The summed E-state index contributed by atoms with van der Waals surface area (Å²) in [5, 5.41) is 23.7. The fraction of sp³-hybridized carbons (Fsp3) is 0.182. The number of alkyl halides is 3. The molecule has 0 saturated carbocycles. The van der Waals surface area contributed by atoms with Crippen LogP contribution in [0.1, 0.15) is 22.8 Å². The van der Waals surface area contributed by atoms with E-state index in [9.17, 15) is 33.0 Å². The normalized spacial score (nSPS) is 13.6. The van der Waals surface area contributed by atoms with Crippen LogP contribution in [0.3, 0.4) is 0 Å². The Morgan fingerprint density at radius 1 is 0.933 bits per heavy atom. The van der Waals surface area contributed by atoms with Gasteiger partial charge in [-0.15, -0.1) is 0 Å². The number of hydrogen-bond donors (Lipinski definition) is 3. The van der Waals surface area contributed by atoms with Crippen LogP contribution < -0.4 is 5.32 Å². The molecule has 0 radical (unpaired) electrons. The predicted octanol–water partition coefficient (Wildman–Crippen LogP) is 3.70. The van der Waals surface area contributed by atoms with Crippen LogP contribution in [0.4, 0.5) is 13.2 Å². The number of hydrogen-bond acceptors (Lipinski definition) is 3. The summed E-state index contributed by atoms with van der Waals surface area (Å²) in [7, 11) is 0. The predicted molar refractivity (Wildman–Crippen MR) is 104 cm³/mol. The molecule has 156 valence electrons. The van der Waals surface area contributed by atoms with Crippen LogP contribution in [0, 0.1) is 0 Å². The summed E-state index contributed by atoms with van der Waals surface area (Å²) < 4.78 is 37.9. The smallest absolute Gasteiger partial charge is 0.416 e. The van der Waals surface area contributed by atoms with E-state index >= 15 is 0 Å². The van der Waals surface area contributed by atoms with E-state index in [0.717, 1.165) is 35.0 Å². The molecule has 0 spiro atoms. The molecular formula is C22H18F3NO4. The third-order valence-electron chi connectivity index (χ3n) is 4.67. The van der Waals surface area contributed by atoms with Gasteiger partial charge in [0.25, 0.3) is 5.91 Å². The lowest BCUT2D eigenvalue weighted by Crippen LogP contribution is -2.44. The first-order valence-electron chi connectivity index (χ1n) is 9.01. The molecule has 0 fully saturated rings. The van der Waals surface area contributed by atoms with Crippen molar-refractivity contribution >= 4 is 22.6 Å². The lowest BCUT2D eigenvalue weighted by molar-refractivity contribution is -0.143. The molecule has 5 nitrogen and oxygen atoms in total. The van der Waals surface area contributed by atoms with Gasteiger partial charge in [-0.1, -0.05) is 54.6 Å². The second-order valence-electron chi connectivity index (χ2n) is 6.81. The van der Waals surface area contributed by atoms with Gasteiger partial charge in [0.1, 0.15) is 6.04 Å². The van der Waals surface area contributed by atoms with Crippen LogP contribution >= 0.6 is 0 Å². The van der Waals surface area contributed by atoms with Gasteiger partial charge in [0.2, 0.25) is 0 Å². The van der Waals surface area contributed by atoms with Crippen molar-refractivity contribution < 1.29 is 33.0 Å². The number of aliphatic carboxylic acids is 1. The van der Waals surface area contributed by atoms with Gasteiger partial charge in [-0.25, -0.2) is 4.79 Å². The minimum atomic E-state index is -4.54. The molecule has 0 unspecified atom stereocenters. The van der Waals surface area contributed by atoms with Crippen LogP contribution in [0.15, 0.2) is 66.7 Å². The van der Waals surface area contributed by atoms with Gasteiger partial charge in [0, 0.05) is 6.42 Å². The van der Waals surface area contributed by atoms with E-state index in [1.54, 1.807) is 6.07 Å². The number of amides is 1. The van der Waals surface area contributed by atoms with Crippen molar-refractivity contribution in [1.82, 2.24) is 5.32 Å². The average Bonchev–Trinajstić information content (AvgIpc) is 2.72. The summed E-state index contributed by atoms with van der Waals surface area (Å²) in [6.07, 6.45) is -6.36. The summed E-state index contributed by atoms with van der Waals surface area (Å²) in [5.74, 6) is -2.31. The lowest BCUT2D eigenvalue weighted by Gasteiger charge is -2.18. The van der Waals surface area contributed by atoms with Crippen molar-refractivity contribution in [3.8, 4) is 0 Å². The van der Waals surface area contributed by atoms with E-state index in [1.165, 1.54) is 0 Å². The standard InChI is InChI=1S/C22H18F3NO4/c23-22(24,25)17-9-7-15(8-10-17)19(27)20(28)26-18(21(29)30)12-13-5-6-14-3-1-2-4-16(14)11-13/h1-11,18-19,27H,12H2,(H,26,28)(H,29,30)/t18-,19+/m0/s1. The summed E-state index contributed by atoms with van der Waals surface area (Å²) in [4.78, 5) is 23.9. The minimum Gasteiger partial charge on any atom is -0.480 e. The molecular weight excluding hydrogens is 399 g/mol. The highest BCUT2D eigenvalue weighted by Gasteiger charge is 2.31. The zero-order valence-electron chi connectivity index (χ0n) is 15.6. The molecule has 2 atom stereocenters. The molecule has 0 heterocycles. The van der Waals surface area contributed by atoms with Gasteiger partial charge in [0.05, 0.1) is 5.56 Å². The Bertz CT molecular complexity index is 1060. The SMILES string of the molecule is O=C(O)[C@H](Cc1ccc2ccccc2c1)NC(=O)[C@H](O)c1ccc(C(F)(F)F)cc1. The zero-order chi connectivity index (χ0) is 21.9. The molecule has 0 saturated heterocycles. The maximum atomic E-state index is 12.6. The Hall–Kier alpha value is -3.39. The number of nitrogens with one attached hydrogen (secondary N) is 1. The fourth-order valence-corrected chi connectivity index (χ4v) is 3.06. The quantitative estimate of drug-likeness (QED) is 0.571. The molecule has 0 bridgehead atoms. The van der Waals surface area contributed by atoms with E-state index in [2.05, 4.69) is 5.32 Å². The van der Waals surface area contributed by atoms with Crippen LogP contribution in [0.25, 0.3) is 10.8 Å².